The highest BCUT2D eigenvalue weighted by Gasteiger charge is 2.21. The second-order valence-corrected chi connectivity index (χ2v) is 4.46. The Morgan fingerprint density at radius 3 is 3.06 bits per heavy atom. The first-order chi connectivity index (χ1) is 8.66. The SMILES string of the molecule is Cc1cc(F)ccc1-n1nc(N)c2c1CCOC2. The molecule has 2 N–H and O–H groups in total. The molecule has 0 spiro atoms. The van der Waals surface area contributed by atoms with Crippen LogP contribution in [0.1, 0.15) is 16.8 Å². The highest BCUT2D eigenvalue weighted by molar-refractivity contribution is 5.49. The van der Waals surface area contributed by atoms with Crippen LogP contribution >= 0.6 is 0 Å². The highest BCUT2D eigenvalue weighted by atomic mass is 19.1. The fraction of sp³-hybridized carbons (Fsp3) is 0.308. The van der Waals surface area contributed by atoms with Gasteiger partial charge in [-0.05, 0) is 30.7 Å². The molecule has 18 heavy (non-hydrogen) atoms. The molecule has 0 radical (unpaired) electrons. The zero-order chi connectivity index (χ0) is 12.7. The first-order valence-corrected chi connectivity index (χ1v) is 5.87. The van der Waals surface area contributed by atoms with Crippen LogP contribution in [0.25, 0.3) is 5.69 Å². The van der Waals surface area contributed by atoms with E-state index in [0.717, 1.165) is 28.9 Å². The minimum Gasteiger partial charge on any atom is -0.382 e. The fourth-order valence-corrected chi connectivity index (χ4v) is 2.32. The third kappa shape index (κ3) is 1.67. The van der Waals surface area contributed by atoms with Crippen molar-refractivity contribution < 1.29 is 9.13 Å². The van der Waals surface area contributed by atoms with Crippen LogP contribution in [0.4, 0.5) is 10.2 Å². The van der Waals surface area contributed by atoms with Crippen LogP contribution < -0.4 is 5.73 Å². The number of nitrogens with zero attached hydrogens (tertiary/aromatic N) is 2. The molecule has 5 heteroatoms. The standard InChI is InChI=1S/C13H14FN3O/c1-8-6-9(14)2-3-11(8)17-12-4-5-18-7-10(12)13(15)16-17/h2-3,6H,4-5,7H2,1H3,(H2,15,16). The van der Waals surface area contributed by atoms with E-state index in [2.05, 4.69) is 5.10 Å². The van der Waals surface area contributed by atoms with Gasteiger partial charge in [0.2, 0.25) is 0 Å². The first-order valence-electron chi connectivity index (χ1n) is 5.87. The van der Waals surface area contributed by atoms with E-state index in [1.54, 1.807) is 6.07 Å². The molecule has 94 valence electrons. The molecule has 1 aliphatic rings. The number of hydrogen-bond donors (Lipinski definition) is 1. The maximum Gasteiger partial charge on any atom is 0.151 e. The lowest BCUT2D eigenvalue weighted by atomic mass is 10.1. The van der Waals surface area contributed by atoms with E-state index in [9.17, 15) is 4.39 Å². The summed E-state index contributed by atoms with van der Waals surface area (Å²) in [7, 11) is 0. The Bertz CT molecular complexity index is 607. The van der Waals surface area contributed by atoms with Crippen LogP contribution in [0.5, 0.6) is 0 Å². The molecule has 1 aliphatic heterocycles. The maximum atomic E-state index is 13.1. The number of hydrogen-bond acceptors (Lipinski definition) is 3. The molecule has 0 saturated heterocycles. The summed E-state index contributed by atoms with van der Waals surface area (Å²) >= 11 is 0. The summed E-state index contributed by atoms with van der Waals surface area (Å²) in [6.07, 6.45) is 0.774. The van der Waals surface area contributed by atoms with E-state index in [4.69, 9.17) is 10.5 Å². The van der Waals surface area contributed by atoms with Gasteiger partial charge in [0.25, 0.3) is 0 Å². The van der Waals surface area contributed by atoms with Crippen LogP contribution in [0.3, 0.4) is 0 Å². The Morgan fingerprint density at radius 1 is 1.44 bits per heavy atom. The Morgan fingerprint density at radius 2 is 2.28 bits per heavy atom. The third-order valence-electron chi connectivity index (χ3n) is 3.24. The predicted molar refractivity (Wildman–Crippen MR) is 66.0 cm³/mol. The fourth-order valence-electron chi connectivity index (χ4n) is 2.32. The molecular weight excluding hydrogens is 233 g/mol. The van der Waals surface area contributed by atoms with E-state index in [0.29, 0.717) is 19.0 Å². The highest BCUT2D eigenvalue weighted by Crippen LogP contribution is 2.26. The molecule has 0 aliphatic carbocycles. The monoisotopic (exact) mass is 247 g/mol. The lowest BCUT2D eigenvalue weighted by Crippen LogP contribution is -2.13. The second kappa shape index (κ2) is 4.10. The summed E-state index contributed by atoms with van der Waals surface area (Å²) in [5.41, 5.74) is 9.61. The van der Waals surface area contributed by atoms with Crippen molar-refractivity contribution in [3.05, 3.63) is 40.8 Å². The van der Waals surface area contributed by atoms with E-state index in [1.165, 1.54) is 12.1 Å². The summed E-state index contributed by atoms with van der Waals surface area (Å²) in [5, 5.41) is 4.34. The molecule has 2 heterocycles. The number of aryl methyl sites for hydroxylation is 1. The van der Waals surface area contributed by atoms with Crippen LogP contribution in [0.15, 0.2) is 18.2 Å². The van der Waals surface area contributed by atoms with E-state index < -0.39 is 0 Å². The molecular formula is C13H14FN3O. The largest absolute Gasteiger partial charge is 0.382 e. The Labute approximate surface area is 104 Å². The van der Waals surface area contributed by atoms with Crippen LogP contribution in [0, 0.1) is 12.7 Å². The second-order valence-electron chi connectivity index (χ2n) is 4.46. The number of nitrogens with two attached hydrogens (primary N) is 1. The zero-order valence-corrected chi connectivity index (χ0v) is 10.1. The summed E-state index contributed by atoms with van der Waals surface area (Å²) in [4.78, 5) is 0. The minimum atomic E-state index is -0.242. The van der Waals surface area contributed by atoms with E-state index in [-0.39, 0.29) is 5.82 Å². The molecule has 0 atom stereocenters. The number of rotatable bonds is 1. The van der Waals surface area contributed by atoms with Crippen LogP contribution in [-0.2, 0) is 17.8 Å². The van der Waals surface area contributed by atoms with Crippen molar-refractivity contribution in [1.29, 1.82) is 0 Å². The summed E-state index contributed by atoms with van der Waals surface area (Å²) in [5.74, 6) is 0.252. The Hall–Kier alpha value is -1.88. The molecule has 2 aromatic rings. The Balaban J connectivity index is 2.17. The average Bonchev–Trinajstić information content (AvgIpc) is 2.68. The van der Waals surface area contributed by atoms with E-state index in [1.807, 2.05) is 11.6 Å². The van der Waals surface area contributed by atoms with Crippen molar-refractivity contribution in [3.8, 4) is 5.69 Å². The van der Waals surface area contributed by atoms with Crippen molar-refractivity contribution in [2.75, 3.05) is 12.3 Å². The van der Waals surface area contributed by atoms with E-state index >= 15 is 0 Å². The van der Waals surface area contributed by atoms with Crippen LogP contribution in [0.2, 0.25) is 0 Å². The topological polar surface area (TPSA) is 53.1 Å². The number of fused-ring (bicyclic) bond motifs is 1. The van der Waals surface area contributed by atoms with Crippen molar-refractivity contribution in [1.82, 2.24) is 9.78 Å². The predicted octanol–water partition coefficient (Wildman–Crippen LogP) is 1.97. The lowest BCUT2D eigenvalue weighted by Gasteiger charge is -2.15. The van der Waals surface area contributed by atoms with Crippen molar-refractivity contribution in [2.24, 2.45) is 0 Å². The van der Waals surface area contributed by atoms with Gasteiger partial charge in [0, 0.05) is 12.0 Å². The third-order valence-corrected chi connectivity index (χ3v) is 3.24. The summed E-state index contributed by atoms with van der Waals surface area (Å²) in [6, 6.07) is 4.66. The number of ether oxygens (including phenoxy) is 1. The van der Waals surface area contributed by atoms with Crippen molar-refractivity contribution in [3.63, 3.8) is 0 Å². The molecule has 1 aromatic heterocycles. The van der Waals surface area contributed by atoms with Gasteiger partial charge in [-0.3, -0.25) is 0 Å². The van der Waals surface area contributed by atoms with Gasteiger partial charge in [-0.25, -0.2) is 9.07 Å². The van der Waals surface area contributed by atoms with Crippen molar-refractivity contribution in [2.45, 2.75) is 20.0 Å². The van der Waals surface area contributed by atoms with Gasteiger partial charge in [0.15, 0.2) is 5.82 Å². The van der Waals surface area contributed by atoms with Gasteiger partial charge in [0.1, 0.15) is 5.82 Å². The molecule has 0 fully saturated rings. The molecule has 0 amide bonds. The minimum absolute atomic E-state index is 0.242. The quantitative estimate of drug-likeness (QED) is 0.838. The maximum absolute atomic E-state index is 13.1. The number of aromatic nitrogens is 2. The molecule has 3 rings (SSSR count). The van der Waals surface area contributed by atoms with Gasteiger partial charge in [-0.2, -0.15) is 5.10 Å². The van der Waals surface area contributed by atoms with Gasteiger partial charge in [-0.15, -0.1) is 0 Å². The zero-order valence-electron chi connectivity index (χ0n) is 10.1. The normalized spacial score (nSPS) is 14.6. The summed E-state index contributed by atoms with van der Waals surface area (Å²) in [6.45, 7) is 3.03. The molecule has 4 nitrogen and oxygen atoms in total. The Kier molecular flexibility index (Phi) is 2.56. The van der Waals surface area contributed by atoms with Gasteiger partial charge >= 0.3 is 0 Å². The molecule has 0 bridgehead atoms. The van der Waals surface area contributed by atoms with Crippen LogP contribution in [-0.4, -0.2) is 16.4 Å². The van der Waals surface area contributed by atoms with Gasteiger partial charge < -0.3 is 10.5 Å². The van der Waals surface area contributed by atoms with Gasteiger partial charge in [0.05, 0.1) is 24.6 Å². The number of benzene rings is 1. The van der Waals surface area contributed by atoms with Gasteiger partial charge in [-0.1, -0.05) is 0 Å². The lowest BCUT2D eigenvalue weighted by molar-refractivity contribution is 0.110. The number of nitrogen functional groups attached to an aromatic ring is 1. The number of anilines is 1. The molecule has 1 aromatic carbocycles. The smallest absolute Gasteiger partial charge is 0.151 e. The first kappa shape index (κ1) is 11.2. The molecule has 0 saturated carbocycles. The summed E-state index contributed by atoms with van der Waals surface area (Å²) < 4.78 is 20.3. The number of halogens is 1. The van der Waals surface area contributed by atoms with Crippen molar-refractivity contribution >= 4 is 5.82 Å². The molecule has 0 unspecified atom stereocenters. The average molecular weight is 247 g/mol.